The van der Waals surface area contributed by atoms with Gasteiger partial charge < -0.3 is 14.8 Å². The smallest absolute Gasteiger partial charge is 0.0781 e. The van der Waals surface area contributed by atoms with Gasteiger partial charge >= 0.3 is 0 Å². The molecule has 0 fully saturated rings. The summed E-state index contributed by atoms with van der Waals surface area (Å²) in [6, 6.07) is 3.80. The molecular formula is C15H22Cl3NO2. The molecule has 6 heteroatoms. The zero-order valence-corrected chi connectivity index (χ0v) is 14.7. The molecule has 1 unspecified atom stereocenters. The number of hydrogen-bond acceptors (Lipinski definition) is 3. The molecule has 0 bridgehead atoms. The van der Waals surface area contributed by atoms with Gasteiger partial charge in [-0.05, 0) is 37.9 Å². The summed E-state index contributed by atoms with van der Waals surface area (Å²) in [6.07, 6.45) is 2.05. The van der Waals surface area contributed by atoms with E-state index in [1.54, 1.807) is 13.2 Å². The van der Waals surface area contributed by atoms with Crippen LogP contribution in [0.4, 0.5) is 0 Å². The van der Waals surface area contributed by atoms with Gasteiger partial charge in [0.1, 0.15) is 0 Å². The Morgan fingerprint density at radius 1 is 1.05 bits per heavy atom. The number of rotatable bonds is 10. The molecule has 1 atom stereocenters. The lowest BCUT2D eigenvalue weighted by molar-refractivity contribution is 0.0687. The third-order valence-electron chi connectivity index (χ3n) is 3.13. The molecule has 1 N–H and O–H groups in total. The fourth-order valence-corrected chi connectivity index (χ4v) is 2.58. The third-order valence-corrected chi connectivity index (χ3v) is 4.44. The van der Waals surface area contributed by atoms with Crippen molar-refractivity contribution < 1.29 is 9.47 Å². The van der Waals surface area contributed by atoms with Gasteiger partial charge in [-0.1, -0.05) is 40.9 Å². The summed E-state index contributed by atoms with van der Waals surface area (Å²) in [7, 11) is 1.67. The summed E-state index contributed by atoms with van der Waals surface area (Å²) in [6.45, 7) is 5.00. The second kappa shape index (κ2) is 10.7. The highest BCUT2D eigenvalue weighted by atomic mass is 35.5. The van der Waals surface area contributed by atoms with E-state index in [0.29, 0.717) is 28.3 Å². The lowest BCUT2D eigenvalue weighted by Gasteiger charge is -2.17. The van der Waals surface area contributed by atoms with Crippen molar-refractivity contribution in [2.75, 3.05) is 33.5 Å². The summed E-state index contributed by atoms with van der Waals surface area (Å²) in [5, 5.41) is 4.83. The van der Waals surface area contributed by atoms with E-state index in [0.717, 1.165) is 31.6 Å². The fourth-order valence-electron chi connectivity index (χ4n) is 1.88. The number of hydrogen-bond donors (Lipinski definition) is 1. The molecule has 120 valence electrons. The van der Waals surface area contributed by atoms with Crippen molar-refractivity contribution in [2.24, 2.45) is 0 Å². The van der Waals surface area contributed by atoms with Crippen LogP contribution in [-0.2, 0) is 9.47 Å². The Hall–Kier alpha value is -0.0300. The van der Waals surface area contributed by atoms with Crippen molar-refractivity contribution >= 4 is 34.8 Å². The summed E-state index contributed by atoms with van der Waals surface area (Å²) < 4.78 is 10.3. The summed E-state index contributed by atoms with van der Waals surface area (Å²) in [4.78, 5) is 0. The van der Waals surface area contributed by atoms with Crippen molar-refractivity contribution in [3.05, 3.63) is 32.8 Å². The number of ether oxygens (including phenoxy) is 2. The largest absolute Gasteiger partial charge is 0.382 e. The van der Waals surface area contributed by atoms with Crippen molar-refractivity contribution in [3.8, 4) is 0 Å². The van der Waals surface area contributed by atoms with Gasteiger partial charge in [0, 0.05) is 19.8 Å². The molecule has 21 heavy (non-hydrogen) atoms. The first kappa shape index (κ1) is 19.0. The standard InChI is InChI=1S/C15H22Cl3NO2/c1-11(12-5-6-13(16)15(18)14(12)17)19-7-3-4-8-21-10-9-20-2/h5-6,11,19H,3-4,7-10H2,1-2H3. The predicted molar refractivity (Wildman–Crippen MR) is 89.8 cm³/mol. The first-order chi connectivity index (χ1) is 10.1. The van der Waals surface area contributed by atoms with E-state index in [9.17, 15) is 0 Å². The first-order valence-corrected chi connectivity index (χ1v) is 8.14. The van der Waals surface area contributed by atoms with Crippen LogP contribution in [0, 0.1) is 0 Å². The van der Waals surface area contributed by atoms with E-state index in [1.807, 2.05) is 6.07 Å². The van der Waals surface area contributed by atoms with Crippen LogP contribution in [0.3, 0.4) is 0 Å². The minimum atomic E-state index is 0.127. The summed E-state index contributed by atoms with van der Waals surface area (Å²) in [5.74, 6) is 0. The van der Waals surface area contributed by atoms with Crippen LogP contribution in [0.1, 0.15) is 31.4 Å². The van der Waals surface area contributed by atoms with Gasteiger partial charge in [0.25, 0.3) is 0 Å². The number of nitrogens with one attached hydrogen (secondary N) is 1. The summed E-state index contributed by atoms with van der Waals surface area (Å²) >= 11 is 18.2. The Labute approximate surface area is 141 Å². The maximum Gasteiger partial charge on any atom is 0.0781 e. The van der Waals surface area contributed by atoms with Crippen molar-refractivity contribution in [2.45, 2.75) is 25.8 Å². The topological polar surface area (TPSA) is 30.5 Å². The zero-order chi connectivity index (χ0) is 15.7. The summed E-state index contributed by atoms with van der Waals surface area (Å²) in [5.41, 5.74) is 0.961. The maximum atomic E-state index is 6.22. The molecule has 1 aromatic rings. The third kappa shape index (κ3) is 6.72. The van der Waals surface area contributed by atoms with E-state index < -0.39 is 0 Å². The van der Waals surface area contributed by atoms with Crippen LogP contribution in [0.15, 0.2) is 12.1 Å². The van der Waals surface area contributed by atoms with Gasteiger partial charge in [-0.15, -0.1) is 0 Å². The van der Waals surface area contributed by atoms with Gasteiger partial charge in [-0.3, -0.25) is 0 Å². The molecule has 0 saturated heterocycles. The average Bonchev–Trinajstić information content (AvgIpc) is 2.47. The Kier molecular flexibility index (Phi) is 9.65. The molecule has 0 aliphatic carbocycles. The fraction of sp³-hybridized carbons (Fsp3) is 0.600. The van der Waals surface area contributed by atoms with Gasteiger partial charge in [0.15, 0.2) is 0 Å². The van der Waals surface area contributed by atoms with Crippen molar-refractivity contribution in [1.82, 2.24) is 5.32 Å². The number of halogens is 3. The molecule has 1 rings (SSSR count). The number of benzene rings is 1. The molecule has 0 heterocycles. The highest BCUT2D eigenvalue weighted by Gasteiger charge is 2.13. The quantitative estimate of drug-likeness (QED) is 0.486. The zero-order valence-electron chi connectivity index (χ0n) is 12.4. The SMILES string of the molecule is COCCOCCCCNC(C)c1ccc(Cl)c(Cl)c1Cl. The lowest BCUT2D eigenvalue weighted by Crippen LogP contribution is -2.20. The molecule has 0 radical (unpaired) electrons. The van der Waals surface area contributed by atoms with Crippen LogP contribution in [-0.4, -0.2) is 33.5 Å². The molecule has 3 nitrogen and oxygen atoms in total. The van der Waals surface area contributed by atoms with Crippen LogP contribution in [0.5, 0.6) is 0 Å². The highest BCUT2D eigenvalue weighted by molar-refractivity contribution is 6.48. The molecule has 1 aromatic carbocycles. The average molecular weight is 355 g/mol. The first-order valence-electron chi connectivity index (χ1n) is 7.01. The molecular weight excluding hydrogens is 333 g/mol. The predicted octanol–water partition coefficient (Wildman–Crippen LogP) is 4.74. The van der Waals surface area contributed by atoms with Crippen LogP contribution in [0.25, 0.3) is 0 Å². The Bertz CT molecular complexity index is 430. The second-order valence-electron chi connectivity index (χ2n) is 4.75. The molecule has 0 aromatic heterocycles. The normalized spacial score (nSPS) is 12.6. The highest BCUT2D eigenvalue weighted by Crippen LogP contribution is 2.35. The minimum Gasteiger partial charge on any atom is -0.382 e. The van der Waals surface area contributed by atoms with Crippen LogP contribution in [0.2, 0.25) is 15.1 Å². The second-order valence-corrected chi connectivity index (χ2v) is 5.92. The molecule has 0 amide bonds. The monoisotopic (exact) mass is 353 g/mol. The van der Waals surface area contributed by atoms with Gasteiger partial charge in [-0.2, -0.15) is 0 Å². The molecule has 0 aliphatic rings. The van der Waals surface area contributed by atoms with E-state index in [2.05, 4.69) is 12.2 Å². The van der Waals surface area contributed by atoms with Crippen molar-refractivity contribution in [3.63, 3.8) is 0 Å². The number of methoxy groups -OCH3 is 1. The molecule has 0 saturated carbocycles. The van der Waals surface area contributed by atoms with Gasteiger partial charge in [0.2, 0.25) is 0 Å². The minimum absolute atomic E-state index is 0.127. The Morgan fingerprint density at radius 2 is 1.81 bits per heavy atom. The maximum absolute atomic E-state index is 6.22. The molecule has 0 aliphatic heterocycles. The van der Waals surface area contributed by atoms with E-state index in [-0.39, 0.29) is 6.04 Å². The van der Waals surface area contributed by atoms with E-state index >= 15 is 0 Å². The number of unbranched alkanes of at least 4 members (excludes halogenated alkanes) is 1. The van der Waals surface area contributed by atoms with Crippen LogP contribution < -0.4 is 5.32 Å². The van der Waals surface area contributed by atoms with E-state index in [1.165, 1.54) is 0 Å². The molecule has 0 spiro atoms. The van der Waals surface area contributed by atoms with Gasteiger partial charge in [0.05, 0.1) is 28.3 Å². The Morgan fingerprint density at radius 3 is 2.52 bits per heavy atom. The van der Waals surface area contributed by atoms with E-state index in [4.69, 9.17) is 44.3 Å². The Balaban J connectivity index is 2.25. The van der Waals surface area contributed by atoms with Crippen LogP contribution >= 0.6 is 34.8 Å². The van der Waals surface area contributed by atoms with Crippen molar-refractivity contribution in [1.29, 1.82) is 0 Å². The lowest BCUT2D eigenvalue weighted by atomic mass is 10.1. The van der Waals surface area contributed by atoms with Gasteiger partial charge in [-0.25, -0.2) is 0 Å².